The van der Waals surface area contributed by atoms with Crippen molar-refractivity contribution in [2.24, 2.45) is 0 Å². The summed E-state index contributed by atoms with van der Waals surface area (Å²) >= 11 is 0. The summed E-state index contributed by atoms with van der Waals surface area (Å²) in [6.45, 7) is 0. The first-order valence-electron chi connectivity index (χ1n) is 10.2. The van der Waals surface area contributed by atoms with Crippen LogP contribution in [0.4, 0.5) is 11.4 Å². The number of para-hydroxylation sites is 1. The molecule has 0 saturated heterocycles. The molecule has 0 atom stereocenters. The van der Waals surface area contributed by atoms with Gasteiger partial charge >= 0.3 is 0 Å². The predicted molar refractivity (Wildman–Crippen MR) is 127 cm³/mol. The third-order valence-corrected chi connectivity index (χ3v) is 5.03. The Balaban J connectivity index is 1.72. The van der Waals surface area contributed by atoms with Crippen LogP contribution in [-0.2, 0) is 0 Å². The van der Waals surface area contributed by atoms with E-state index in [0.717, 1.165) is 0 Å². The van der Waals surface area contributed by atoms with E-state index in [9.17, 15) is 14.4 Å². The smallest absolute Gasteiger partial charge is 0.255 e. The Hall–Kier alpha value is -4.71. The Morgan fingerprint density at radius 3 is 2.00 bits per heavy atom. The molecule has 0 saturated carbocycles. The number of aldehydes is 1. The molecule has 0 aliphatic rings. The molecule has 33 heavy (non-hydrogen) atoms. The van der Waals surface area contributed by atoms with E-state index in [-0.39, 0.29) is 28.5 Å². The Morgan fingerprint density at radius 1 is 0.727 bits per heavy atom. The van der Waals surface area contributed by atoms with Crippen molar-refractivity contribution in [2.45, 2.75) is 0 Å². The van der Waals surface area contributed by atoms with Gasteiger partial charge in [-0.3, -0.25) is 14.4 Å². The van der Waals surface area contributed by atoms with Crippen LogP contribution in [0.2, 0.25) is 0 Å². The molecule has 0 radical (unpaired) electrons. The zero-order valence-corrected chi connectivity index (χ0v) is 17.5. The van der Waals surface area contributed by atoms with Gasteiger partial charge in [0.05, 0.1) is 11.3 Å². The highest BCUT2D eigenvalue weighted by Crippen LogP contribution is 2.37. The summed E-state index contributed by atoms with van der Waals surface area (Å²) < 4.78 is 6.07. The van der Waals surface area contributed by atoms with E-state index in [1.54, 1.807) is 78.9 Å². The molecule has 0 bridgehead atoms. The van der Waals surface area contributed by atoms with Crippen molar-refractivity contribution in [3.8, 4) is 11.5 Å². The second kappa shape index (κ2) is 9.62. The minimum absolute atomic E-state index is 0.0682. The molecule has 0 aliphatic carbocycles. The third-order valence-electron chi connectivity index (χ3n) is 5.03. The van der Waals surface area contributed by atoms with Crippen LogP contribution < -0.4 is 15.8 Å². The van der Waals surface area contributed by atoms with Crippen molar-refractivity contribution in [3.05, 3.63) is 119 Å². The summed E-state index contributed by atoms with van der Waals surface area (Å²) in [4.78, 5) is 37.2. The minimum atomic E-state index is -0.413. The highest BCUT2D eigenvalue weighted by atomic mass is 16.5. The van der Waals surface area contributed by atoms with Crippen LogP contribution in [0.15, 0.2) is 97.1 Å². The molecular weight excluding hydrogens is 416 g/mol. The molecule has 0 unspecified atom stereocenters. The lowest BCUT2D eigenvalue weighted by molar-refractivity contribution is 0.102. The lowest BCUT2D eigenvalue weighted by atomic mass is 10.0. The van der Waals surface area contributed by atoms with Gasteiger partial charge in [0.15, 0.2) is 17.8 Å². The molecule has 4 rings (SSSR count). The van der Waals surface area contributed by atoms with Crippen molar-refractivity contribution in [3.63, 3.8) is 0 Å². The van der Waals surface area contributed by atoms with E-state index >= 15 is 0 Å². The highest BCUT2D eigenvalue weighted by Gasteiger charge is 2.19. The molecule has 4 aromatic carbocycles. The maximum Gasteiger partial charge on any atom is 0.255 e. The Kier molecular flexibility index (Phi) is 6.27. The zero-order valence-electron chi connectivity index (χ0n) is 17.5. The molecule has 0 aliphatic heterocycles. The third kappa shape index (κ3) is 4.65. The van der Waals surface area contributed by atoms with Gasteiger partial charge in [-0.05, 0) is 36.4 Å². The molecular formula is C27H20N2O4. The number of carbonyl (C=O) groups excluding carboxylic acids is 3. The Labute approximate surface area is 190 Å². The second-order valence-corrected chi connectivity index (χ2v) is 7.17. The topological polar surface area (TPSA) is 98.5 Å². The van der Waals surface area contributed by atoms with Gasteiger partial charge in [0.1, 0.15) is 11.4 Å². The summed E-state index contributed by atoms with van der Waals surface area (Å²) in [6.07, 6.45) is 0.601. The standard InChI is InChI=1S/C27H20N2O4/c28-24-20(17-30)15-16-23(25(24)29-27(32)19-11-5-2-6-12-19)33-22-14-8-7-13-21(22)26(31)18-9-3-1-4-10-18/h1-17H,28H2,(H,29,32). The largest absolute Gasteiger partial charge is 0.454 e. The number of amides is 1. The number of anilines is 2. The van der Waals surface area contributed by atoms with Crippen LogP contribution in [0.3, 0.4) is 0 Å². The summed E-state index contributed by atoms with van der Waals surface area (Å²) in [5.41, 5.74) is 7.88. The first-order valence-corrected chi connectivity index (χ1v) is 10.2. The number of ether oxygens (including phenoxy) is 1. The van der Waals surface area contributed by atoms with Gasteiger partial charge in [0.2, 0.25) is 0 Å². The van der Waals surface area contributed by atoms with Crippen LogP contribution in [0.25, 0.3) is 0 Å². The summed E-state index contributed by atoms with van der Waals surface area (Å²) in [5, 5.41) is 2.74. The average Bonchev–Trinajstić information content (AvgIpc) is 2.87. The van der Waals surface area contributed by atoms with Gasteiger partial charge in [-0.15, -0.1) is 0 Å². The molecule has 0 spiro atoms. The average molecular weight is 436 g/mol. The minimum Gasteiger partial charge on any atom is -0.454 e. The van der Waals surface area contributed by atoms with Crippen LogP contribution in [0, 0.1) is 0 Å². The molecule has 162 valence electrons. The first kappa shape index (κ1) is 21.5. The van der Waals surface area contributed by atoms with Gasteiger partial charge in [-0.1, -0.05) is 60.7 Å². The monoisotopic (exact) mass is 436 g/mol. The lowest BCUT2D eigenvalue weighted by Crippen LogP contribution is -2.15. The van der Waals surface area contributed by atoms with Crippen LogP contribution in [-0.4, -0.2) is 18.0 Å². The van der Waals surface area contributed by atoms with Crippen molar-refractivity contribution in [2.75, 3.05) is 11.1 Å². The van der Waals surface area contributed by atoms with Crippen molar-refractivity contribution in [1.29, 1.82) is 0 Å². The van der Waals surface area contributed by atoms with Gasteiger partial charge in [0, 0.05) is 16.7 Å². The molecule has 3 N–H and O–H groups in total. The van der Waals surface area contributed by atoms with Crippen LogP contribution in [0.1, 0.15) is 36.6 Å². The van der Waals surface area contributed by atoms with E-state index in [0.29, 0.717) is 28.7 Å². The molecule has 0 aromatic heterocycles. The van der Waals surface area contributed by atoms with Gasteiger partial charge in [-0.2, -0.15) is 0 Å². The molecule has 6 heteroatoms. The fourth-order valence-electron chi connectivity index (χ4n) is 3.31. The van der Waals surface area contributed by atoms with Crippen LogP contribution >= 0.6 is 0 Å². The van der Waals surface area contributed by atoms with Crippen molar-refractivity contribution < 1.29 is 19.1 Å². The number of nitrogens with two attached hydrogens (primary N) is 1. The number of rotatable bonds is 7. The van der Waals surface area contributed by atoms with E-state index in [4.69, 9.17) is 10.5 Å². The molecule has 0 heterocycles. The fourth-order valence-corrected chi connectivity index (χ4v) is 3.31. The zero-order chi connectivity index (χ0) is 23.2. The molecule has 1 amide bonds. The van der Waals surface area contributed by atoms with E-state index in [2.05, 4.69) is 5.32 Å². The predicted octanol–water partition coefficient (Wildman–Crippen LogP) is 5.36. The summed E-state index contributed by atoms with van der Waals surface area (Å²) in [7, 11) is 0. The number of carbonyl (C=O) groups is 3. The van der Waals surface area contributed by atoms with Gasteiger partial charge < -0.3 is 15.8 Å². The summed E-state index contributed by atoms with van der Waals surface area (Å²) in [5.74, 6) is -0.127. The number of benzene rings is 4. The number of nitrogen functional groups attached to an aromatic ring is 1. The Morgan fingerprint density at radius 2 is 1.33 bits per heavy atom. The number of hydrogen-bond donors (Lipinski definition) is 2. The summed E-state index contributed by atoms with van der Waals surface area (Å²) in [6, 6.07) is 27.3. The lowest BCUT2D eigenvalue weighted by Gasteiger charge is -2.17. The first-order chi connectivity index (χ1) is 16.1. The van der Waals surface area contributed by atoms with E-state index in [1.165, 1.54) is 12.1 Å². The number of ketones is 1. The van der Waals surface area contributed by atoms with Crippen molar-refractivity contribution in [1.82, 2.24) is 0 Å². The molecule has 4 aromatic rings. The quantitative estimate of drug-likeness (QED) is 0.231. The Bertz CT molecular complexity index is 1320. The van der Waals surface area contributed by atoms with Gasteiger partial charge in [-0.25, -0.2) is 0 Å². The normalized spacial score (nSPS) is 10.3. The van der Waals surface area contributed by atoms with Crippen LogP contribution in [0.5, 0.6) is 11.5 Å². The maximum atomic E-state index is 13.1. The number of nitrogens with one attached hydrogen (secondary N) is 1. The highest BCUT2D eigenvalue weighted by molar-refractivity contribution is 6.11. The number of hydrogen-bond acceptors (Lipinski definition) is 5. The molecule has 6 nitrogen and oxygen atoms in total. The fraction of sp³-hybridized carbons (Fsp3) is 0. The van der Waals surface area contributed by atoms with Crippen molar-refractivity contribution >= 4 is 29.4 Å². The second-order valence-electron chi connectivity index (χ2n) is 7.17. The van der Waals surface area contributed by atoms with Gasteiger partial charge in [0.25, 0.3) is 5.91 Å². The van der Waals surface area contributed by atoms with E-state index < -0.39 is 5.91 Å². The SMILES string of the molecule is Nc1c(C=O)ccc(Oc2ccccc2C(=O)c2ccccc2)c1NC(=O)c1ccccc1. The van der Waals surface area contributed by atoms with E-state index in [1.807, 2.05) is 6.07 Å². The maximum absolute atomic E-state index is 13.1. The molecule has 0 fully saturated rings.